The number of nitrogens with one attached hydrogen (secondary N) is 1. The topological polar surface area (TPSA) is 35.5 Å². The first-order valence-corrected chi connectivity index (χ1v) is 6.75. The van der Waals surface area contributed by atoms with Crippen LogP contribution in [0.5, 0.6) is 0 Å². The van der Waals surface area contributed by atoms with Gasteiger partial charge in [0.25, 0.3) is 0 Å². The summed E-state index contributed by atoms with van der Waals surface area (Å²) in [6.45, 7) is 4.27. The van der Waals surface area contributed by atoms with Gasteiger partial charge in [0.15, 0.2) is 0 Å². The zero-order chi connectivity index (χ0) is 11.6. The Balaban J connectivity index is 1.74. The van der Waals surface area contributed by atoms with Crippen molar-refractivity contribution in [3.05, 3.63) is 0 Å². The molecule has 2 atom stereocenters. The molecule has 0 aromatic rings. The number of aliphatic hydroxyl groups is 1. The van der Waals surface area contributed by atoms with Crippen LogP contribution in [0.15, 0.2) is 0 Å². The summed E-state index contributed by atoms with van der Waals surface area (Å²) in [6, 6.07) is 1.28. The van der Waals surface area contributed by atoms with Crippen LogP contribution in [-0.2, 0) is 0 Å². The van der Waals surface area contributed by atoms with Crippen LogP contribution in [0, 0.1) is 0 Å². The fourth-order valence-corrected chi connectivity index (χ4v) is 3.02. The summed E-state index contributed by atoms with van der Waals surface area (Å²) in [5.74, 6) is 0. The lowest BCUT2D eigenvalue weighted by Crippen LogP contribution is -2.49. The molecule has 3 heteroatoms. The predicted octanol–water partition coefficient (Wildman–Crippen LogP) is 1.36. The van der Waals surface area contributed by atoms with E-state index < -0.39 is 5.60 Å². The minimum absolute atomic E-state index is 0.396. The minimum Gasteiger partial charge on any atom is -0.389 e. The van der Waals surface area contributed by atoms with E-state index >= 15 is 0 Å². The molecule has 1 aliphatic carbocycles. The van der Waals surface area contributed by atoms with E-state index in [0.29, 0.717) is 12.1 Å². The van der Waals surface area contributed by atoms with E-state index in [1.807, 2.05) is 0 Å². The molecule has 1 aliphatic heterocycles. The zero-order valence-electron chi connectivity index (χ0n) is 10.7. The fraction of sp³-hybridized carbons (Fsp3) is 1.00. The molecule has 0 aromatic heterocycles. The Morgan fingerprint density at radius 1 is 1.38 bits per heavy atom. The van der Waals surface area contributed by atoms with Gasteiger partial charge in [-0.3, -0.25) is 0 Å². The summed E-state index contributed by atoms with van der Waals surface area (Å²) in [5, 5.41) is 13.8. The zero-order valence-corrected chi connectivity index (χ0v) is 10.7. The van der Waals surface area contributed by atoms with Gasteiger partial charge in [0.1, 0.15) is 0 Å². The summed E-state index contributed by atoms with van der Waals surface area (Å²) in [6.07, 6.45) is 6.80. The highest BCUT2D eigenvalue weighted by molar-refractivity contribution is 4.89. The first-order valence-electron chi connectivity index (χ1n) is 6.75. The molecule has 2 rings (SSSR count). The van der Waals surface area contributed by atoms with E-state index in [1.165, 1.54) is 32.2 Å². The van der Waals surface area contributed by atoms with E-state index in [1.54, 1.807) is 0 Å². The number of nitrogens with zero attached hydrogens (tertiary/aromatic N) is 1. The van der Waals surface area contributed by atoms with E-state index in [-0.39, 0.29) is 0 Å². The molecule has 0 radical (unpaired) electrons. The van der Waals surface area contributed by atoms with Gasteiger partial charge in [-0.05, 0) is 46.2 Å². The monoisotopic (exact) mass is 226 g/mol. The van der Waals surface area contributed by atoms with Crippen LogP contribution in [0.2, 0.25) is 0 Å². The van der Waals surface area contributed by atoms with Crippen molar-refractivity contribution in [2.45, 2.75) is 63.1 Å². The minimum atomic E-state index is -0.396. The Hall–Kier alpha value is -0.120. The van der Waals surface area contributed by atoms with Crippen molar-refractivity contribution in [2.24, 2.45) is 0 Å². The molecular formula is C13H26N2O. The molecule has 1 saturated heterocycles. The third-order valence-corrected chi connectivity index (χ3v) is 4.46. The average Bonchev–Trinajstić information content (AvgIpc) is 2.68. The highest BCUT2D eigenvalue weighted by Gasteiger charge is 2.32. The molecule has 0 aromatic carbocycles. The molecule has 1 saturated carbocycles. The number of rotatable bonds is 3. The average molecular weight is 226 g/mol. The fourth-order valence-electron chi connectivity index (χ4n) is 3.02. The molecule has 2 aliphatic rings. The first-order chi connectivity index (χ1) is 7.59. The second-order valence-electron chi connectivity index (χ2n) is 5.86. The van der Waals surface area contributed by atoms with Gasteiger partial charge in [0.2, 0.25) is 0 Å². The van der Waals surface area contributed by atoms with Crippen LogP contribution in [-0.4, -0.2) is 47.8 Å². The van der Waals surface area contributed by atoms with Crippen molar-refractivity contribution in [1.82, 2.24) is 10.2 Å². The molecule has 94 valence electrons. The maximum atomic E-state index is 10.3. The summed E-state index contributed by atoms with van der Waals surface area (Å²) in [4.78, 5) is 2.42. The predicted molar refractivity (Wildman–Crippen MR) is 66.5 cm³/mol. The molecule has 0 amide bonds. The van der Waals surface area contributed by atoms with Crippen LogP contribution in [0.25, 0.3) is 0 Å². The van der Waals surface area contributed by atoms with Gasteiger partial charge >= 0.3 is 0 Å². The van der Waals surface area contributed by atoms with Crippen LogP contribution in [0.4, 0.5) is 0 Å². The second-order valence-corrected chi connectivity index (χ2v) is 5.86. The quantitative estimate of drug-likeness (QED) is 0.763. The van der Waals surface area contributed by atoms with Crippen LogP contribution in [0.3, 0.4) is 0 Å². The Labute approximate surface area is 99.2 Å². The molecule has 2 N–H and O–H groups in total. The Bertz CT molecular complexity index is 226. The molecule has 2 unspecified atom stereocenters. The number of hydrogen-bond donors (Lipinski definition) is 2. The van der Waals surface area contributed by atoms with Crippen LogP contribution < -0.4 is 5.32 Å². The molecule has 0 bridgehead atoms. The normalized spacial score (nSPS) is 35.4. The third kappa shape index (κ3) is 2.96. The van der Waals surface area contributed by atoms with Gasteiger partial charge in [-0.1, -0.05) is 12.8 Å². The van der Waals surface area contributed by atoms with Gasteiger partial charge < -0.3 is 15.3 Å². The number of hydrogen-bond acceptors (Lipinski definition) is 3. The van der Waals surface area contributed by atoms with E-state index in [4.69, 9.17) is 0 Å². The summed E-state index contributed by atoms with van der Waals surface area (Å²) in [5.41, 5.74) is -0.396. The van der Waals surface area contributed by atoms with E-state index in [2.05, 4.69) is 24.2 Å². The third-order valence-electron chi connectivity index (χ3n) is 4.46. The van der Waals surface area contributed by atoms with Crippen LogP contribution >= 0.6 is 0 Å². The molecule has 16 heavy (non-hydrogen) atoms. The maximum absolute atomic E-state index is 10.3. The van der Waals surface area contributed by atoms with E-state index in [0.717, 1.165) is 19.4 Å². The Morgan fingerprint density at radius 2 is 2.06 bits per heavy atom. The van der Waals surface area contributed by atoms with Gasteiger partial charge in [0.05, 0.1) is 5.60 Å². The second kappa shape index (κ2) is 5.03. The lowest BCUT2D eigenvalue weighted by molar-refractivity contribution is 0.0402. The van der Waals surface area contributed by atoms with Crippen molar-refractivity contribution in [3.63, 3.8) is 0 Å². The van der Waals surface area contributed by atoms with Crippen molar-refractivity contribution < 1.29 is 5.11 Å². The van der Waals surface area contributed by atoms with Gasteiger partial charge in [-0.2, -0.15) is 0 Å². The Kier molecular flexibility index (Phi) is 3.88. The van der Waals surface area contributed by atoms with Crippen molar-refractivity contribution >= 4 is 0 Å². The van der Waals surface area contributed by atoms with Crippen molar-refractivity contribution in [2.75, 3.05) is 20.1 Å². The highest BCUT2D eigenvalue weighted by Crippen LogP contribution is 2.29. The van der Waals surface area contributed by atoms with Gasteiger partial charge in [-0.15, -0.1) is 0 Å². The smallest absolute Gasteiger partial charge is 0.0771 e. The van der Waals surface area contributed by atoms with Crippen LogP contribution in [0.1, 0.15) is 45.4 Å². The molecule has 0 spiro atoms. The molecular weight excluding hydrogens is 200 g/mol. The highest BCUT2D eigenvalue weighted by atomic mass is 16.3. The number of likely N-dealkylation sites (tertiary alicyclic amines) is 1. The van der Waals surface area contributed by atoms with E-state index in [9.17, 15) is 5.11 Å². The maximum Gasteiger partial charge on any atom is 0.0771 e. The summed E-state index contributed by atoms with van der Waals surface area (Å²) < 4.78 is 0. The number of piperidine rings is 1. The lowest BCUT2D eigenvalue weighted by Gasteiger charge is -2.36. The van der Waals surface area contributed by atoms with Crippen molar-refractivity contribution in [1.29, 1.82) is 0 Å². The Morgan fingerprint density at radius 3 is 2.69 bits per heavy atom. The summed E-state index contributed by atoms with van der Waals surface area (Å²) in [7, 11) is 2.20. The van der Waals surface area contributed by atoms with Gasteiger partial charge in [0, 0.05) is 18.6 Å². The molecule has 2 fully saturated rings. The largest absolute Gasteiger partial charge is 0.389 e. The molecule has 1 heterocycles. The first kappa shape index (κ1) is 12.3. The molecule has 3 nitrogen and oxygen atoms in total. The lowest BCUT2D eigenvalue weighted by atomic mass is 9.96. The summed E-state index contributed by atoms with van der Waals surface area (Å²) >= 11 is 0. The SMILES string of the molecule is CC1CC(NCC2(O)CCCC2)CCN1C. The van der Waals surface area contributed by atoms with Gasteiger partial charge in [-0.25, -0.2) is 0 Å². The standard InChI is InChI=1S/C13H26N2O/c1-11-9-12(5-8-15(11)2)14-10-13(16)6-3-4-7-13/h11-12,14,16H,3-10H2,1-2H3. The van der Waals surface area contributed by atoms with Crippen molar-refractivity contribution in [3.8, 4) is 0 Å².